The fourth-order valence-electron chi connectivity index (χ4n) is 5.09. The van der Waals surface area contributed by atoms with Gasteiger partial charge in [-0.2, -0.15) is 0 Å². The van der Waals surface area contributed by atoms with Gasteiger partial charge in [0.25, 0.3) is 5.56 Å². The van der Waals surface area contributed by atoms with Gasteiger partial charge in [0.05, 0.1) is 5.69 Å². The summed E-state index contributed by atoms with van der Waals surface area (Å²) >= 11 is 6.13. The molecule has 0 atom stereocenters. The second kappa shape index (κ2) is 9.16. The highest BCUT2D eigenvalue weighted by atomic mass is 35.5. The van der Waals surface area contributed by atoms with Crippen molar-refractivity contribution in [3.8, 4) is 22.8 Å². The molecule has 0 radical (unpaired) electrons. The Hall–Kier alpha value is -3.70. The lowest BCUT2D eigenvalue weighted by molar-refractivity contribution is 0.443. The molecule has 174 valence electrons. The number of hydrogen-bond donors (Lipinski definition) is 0. The van der Waals surface area contributed by atoms with Gasteiger partial charge in [-0.25, -0.2) is 9.97 Å². The summed E-state index contributed by atoms with van der Waals surface area (Å²) in [6, 6.07) is 25.7. The van der Waals surface area contributed by atoms with Gasteiger partial charge in [0, 0.05) is 16.3 Å². The van der Waals surface area contributed by atoms with Crippen molar-refractivity contribution in [2.75, 3.05) is 0 Å². The van der Waals surface area contributed by atoms with Gasteiger partial charge in [0.2, 0.25) is 0 Å². The van der Waals surface area contributed by atoms with E-state index in [1.54, 1.807) is 23.0 Å². The minimum atomic E-state index is -0.210. The van der Waals surface area contributed by atoms with Crippen molar-refractivity contribution in [2.24, 2.45) is 0 Å². The molecule has 1 saturated carbocycles. The molecule has 6 heteroatoms. The maximum atomic E-state index is 13.8. The van der Waals surface area contributed by atoms with E-state index >= 15 is 0 Å². The molecule has 1 aliphatic rings. The van der Waals surface area contributed by atoms with Crippen molar-refractivity contribution in [3.05, 3.63) is 106 Å². The lowest BCUT2D eigenvalue weighted by atomic mass is 9.84. The van der Waals surface area contributed by atoms with Crippen LogP contribution in [-0.2, 0) is 0 Å². The minimum Gasteiger partial charge on any atom is -0.283 e. The fourth-order valence-corrected chi connectivity index (χ4v) is 5.22. The lowest BCUT2D eigenvalue weighted by Crippen LogP contribution is -2.22. The average molecular weight is 481 g/mol. The molecular formula is C29H25ClN4O. The Morgan fingerprint density at radius 3 is 2.23 bits per heavy atom. The van der Waals surface area contributed by atoms with Gasteiger partial charge in [-0.05, 0) is 60.7 Å². The van der Waals surface area contributed by atoms with Crippen molar-refractivity contribution in [2.45, 2.75) is 38.0 Å². The van der Waals surface area contributed by atoms with Crippen LogP contribution < -0.4 is 5.56 Å². The van der Waals surface area contributed by atoms with E-state index in [0.717, 1.165) is 11.3 Å². The minimum absolute atomic E-state index is 0.210. The molecule has 6 rings (SSSR count). The Morgan fingerprint density at radius 2 is 1.51 bits per heavy atom. The van der Waals surface area contributed by atoms with E-state index in [1.807, 2.05) is 47.0 Å². The molecule has 0 N–H and O–H groups in total. The molecule has 2 heterocycles. The van der Waals surface area contributed by atoms with Crippen LogP contribution in [-0.4, -0.2) is 19.1 Å². The Bertz CT molecular complexity index is 1530. The number of fused-ring (bicyclic) bond motifs is 1. The zero-order chi connectivity index (χ0) is 23.8. The van der Waals surface area contributed by atoms with Crippen LogP contribution in [0.5, 0.6) is 0 Å². The average Bonchev–Trinajstić information content (AvgIpc) is 3.35. The van der Waals surface area contributed by atoms with E-state index in [2.05, 4.69) is 29.2 Å². The van der Waals surface area contributed by atoms with Crippen LogP contribution in [0.1, 0.15) is 43.6 Å². The number of rotatable bonds is 4. The summed E-state index contributed by atoms with van der Waals surface area (Å²) < 4.78 is 3.50. The summed E-state index contributed by atoms with van der Waals surface area (Å²) in [5.41, 5.74) is 4.52. The van der Waals surface area contributed by atoms with Crippen molar-refractivity contribution in [1.29, 1.82) is 0 Å². The predicted octanol–water partition coefficient (Wildman–Crippen LogP) is 6.94. The molecule has 2 aromatic heterocycles. The van der Waals surface area contributed by atoms with E-state index in [1.165, 1.54) is 37.7 Å². The molecule has 0 aliphatic heterocycles. The first kappa shape index (κ1) is 21.8. The molecule has 0 unspecified atom stereocenters. The maximum absolute atomic E-state index is 13.8. The molecule has 0 spiro atoms. The van der Waals surface area contributed by atoms with Gasteiger partial charge in [0.1, 0.15) is 12.2 Å². The van der Waals surface area contributed by atoms with Crippen LogP contribution in [0.2, 0.25) is 5.02 Å². The quantitative estimate of drug-likeness (QED) is 0.280. The molecule has 0 saturated heterocycles. The van der Waals surface area contributed by atoms with Gasteiger partial charge >= 0.3 is 0 Å². The summed E-state index contributed by atoms with van der Waals surface area (Å²) in [4.78, 5) is 23.2. The molecule has 35 heavy (non-hydrogen) atoms. The number of hydrogen-bond acceptors (Lipinski definition) is 3. The van der Waals surface area contributed by atoms with E-state index in [9.17, 15) is 4.79 Å². The summed E-state index contributed by atoms with van der Waals surface area (Å²) in [7, 11) is 0. The largest absolute Gasteiger partial charge is 0.286 e. The van der Waals surface area contributed by atoms with E-state index < -0.39 is 0 Å². The molecule has 1 aliphatic carbocycles. The van der Waals surface area contributed by atoms with Crippen LogP contribution in [0.15, 0.2) is 90.0 Å². The fraction of sp³-hybridized carbons (Fsp3) is 0.207. The lowest BCUT2D eigenvalue weighted by Gasteiger charge is -2.22. The van der Waals surface area contributed by atoms with Gasteiger partial charge < -0.3 is 0 Å². The molecule has 5 nitrogen and oxygen atoms in total. The van der Waals surface area contributed by atoms with Crippen molar-refractivity contribution >= 4 is 22.8 Å². The van der Waals surface area contributed by atoms with Crippen LogP contribution in [0.4, 0.5) is 0 Å². The second-order valence-electron chi connectivity index (χ2n) is 9.13. The monoisotopic (exact) mass is 480 g/mol. The van der Waals surface area contributed by atoms with Crippen LogP contribution >= 0.6 is 11.6 Å². The topological polar surface area (TPSA) is 52.7 Å². The number of halogens is 1. The number of benzene rings is 3. The zero-order valence-electron chi connectivity index (χ0n) is 19.3. The first-order valence-electron chi connectivity index (χ1n) is 12.1. The Kier molecular flexibility index (Phi) is 5.71. The van der Waals surface area contributed by atoms with Gasteiger partial charge in [0.15, 0.2) is 11.2 Å². The normalized spacial score (nSPS) is 14.4. The Balaban J connectivity index is 1.55. The summed E-state index contributed by atoms with van der Waals surface area (Å²) in [6.07, 6.45) is 8.08. The number of nitrogens with zero attached hydrogens (tertiary/aromatic N) is 4. The summed E-state index contributed by atoms with van der Waals surface area (Å²) in [5, 5.41) is 0.613. The SMILES string of the molecule is O=c1c2ncn(-c3ccccc3)c2nc(-c2ccc(C3CCCCC3)cc2)n1-c1ccc(Cl)cc1. The third kappa shape index (κ3) is 4.06. The van der Waals surface area contributed by atoms with Crippen molar-refractivity contribution in [1.82, 2.24) is 19.1 Å². The van der Waals surface area contributed by atoms with Crippen LogP contribution in [0.3, 0.4) is 0 Å². The molecule has 0 amide bonds. The van der Waals surface area contributed by atoms with Crippen LogP contribution in [0, 0.1) is 0 Å². The van der Waals surface area contributed by atoms with E-state index in [0.29, 0.717) is 33.6 Å². The molecule has 0 bridgehead atoms. The third-order valence-corrected chi connectivity index (χ3v) is 7.19. The molecule has 5 aromatic rings. The van der Waals surface area contributed by atoms with Crippen molar-refractivity contribution < 1.29 is 0 Å². The number of aromatic nitrogens is 4. The third-order valence-electron chi connectivity index (χ3n) is 6.94. The standard InChI is InChI=1S/C29H25ClN4O/c30-23-15-17-25(18-16-23)34-27(22-13-11-21(12-14-22)20-7-3-1-4-8-20)32-28-26(29(34)35)31-19-33(28)24-9-5-2-6-10-24/h2,5-6,9-20H,1,3-4,7-8H2. The summed E-state index contributed by atoms with van der Waals surface area (Å²) in [6.45, 7) is 0. The molecule has 3 aromatic carbocycles. The number of para-hydroxylation sites is 1. The smallest absolute Gasteiger partial charge is 0.283 e. The molecular weight excluding hydrogens is 456 g/mol. The summed E-state index contributed by atoms with van der Waals surface area (Å²) in [5.74, 6) is 1.20. The molecule has 1 fully saturated rings. The highest BCUT2D eigenvalue weighted by Crippen LogP contribution is 2.34. The first-order valence-corrected chi connectivity index (χ1v) is 12.5. The van der Waals surface area contributed by atoms with E-state index in [-0.39, 0.29) is 5.56 Å². The van der Waals surface area contributed by atoms with Crippen molar-refractivity contribution in [3.63, 3.8) is 0 Å². The van der Waals surface area contributed by atoms with Crippen LogP contribution in [0.25, 0.3) is 33.9 Å². The predicted molar refractivity (Wildman–Crippen MR) is 141 cm³/mol. The highest BCUT2D eigenvalue weighted by molar-refractivity contribution is 6.30. The Labute approximate surface area is 208 Å². The zero-order valence-corrected chi connectivity index (χ0v) is 20.0. The Morgan fingerprint density at radius 1 is 0.800 bits per heavy atom. The second-order valence-corrected chi connectivity index (χ2v) is 9.57. The maximum Gasteiger partial charge on any atom is 0.286 e. The van der Waals surface area contributed by atoms with Gasteiger partial charge in [-0.1, -0.05) is 73.3 Å². The van der Waals surface area contributed by atoms with Gasteiger partial charge in [-0.3, -0.25) is 13.9 Å². The highest BCUT2D eigenvalue weighted by Gasteiger charge is 2.20. The first-order chi connectivity index (χ1) is 17.2. The van der Waals surface area contributed by atoms with Gasteiger partial charge in [-0.15, -0.1) is 0 Å². The number of imidazole rings is 1. The van der Waals surface area contributed by atoms with E-state index in [4.69, 9.17) is 16.6 Å².